The van der Waals surface area contributed by atoms with Gasteiger partial charge in [0.05, 0.1) is 27.4 Å². The Morgan fingerprint density at radius 2 is 1.78 bits per heavy atom. The summed E-state index contributed by atoms with van der Waals surface area (Å²) in [6.45, 7) is 12.9. The standard InChI is InChI=1S/C24H30ClN5O2/c1-14(2)21(31)28-20-18(11-12-24(6,7)19-10-9-17(25)13-26-19)16(5)27-23(29-20)30(8)22(32)15(3)4/h9-10,13-15H,1-8H3,(H,27,28,29,31). The van der Waals surface area contributed by atoms with Gasteiger partial charge in [-0.1, -0.05) is 51.1 Å². The normalized spacial score (nSPS) is 11.2. The van der Waals surface area contributed by atoms with Crippen LogP contribution in [0.2, 0.25) is 5.02 Å². The van der Waals surface area contributed by atoms with Crippen LogP contribution in [0.25, 0.3) is 0 Å². The zero-order valence-electron chi connectivity index (χ0n) is 19.9. The second-order valence-corrected chi connectivity index (χ2v) is 9.20. The molecule has 8 heteroatoms. The van der Waals surface area contributed by atoms with E-state index in [-0.39, 0.29) is 35.4 Å². The van der Waals surface area contributed by atoms with Crippen LogP contribution in [-0.4, -0.2) is 33.8 Å². The van der Waals surface area contributed by atoms with E-state index in [0.29, 0.717) is 16.3 Å². The number of pyridine rings is 1. The minimum Gasteiger partial charge on any atom is -0.309 e. The lowest BCUT2D eigenvalue weighted by Crippen LogP contribution is -2.32. The molecule has 0 aliphatic heterocycles. The smallest absolute Gasteiger partial charge is 0.234 e. The van der Waals surface area contributed by atoms with Crippen molar-refractivity contribution in [1.82, 2.24) is 15.0 Å². The van der Waals surface area contributed by atoms with E-state index in [0.717, 1.165) is 5.69 Å². The third kappa shape index (κ3) is 6.04. The molecule has 7 nitrogen and oxygen atoms in total. The van der Waals surface area contributed by atoms with Crippen molar-refractivity contribution in [2.75, 3.05) is 17.3 Å². The first-order valence-corrected chi connectivity index (χ1v) is 10.8. The Morgan fingerprint density at radius 3 is 2.31 bits per heavy atom. The molecule has 2 aromatic heterocycles. The fourth-order valence-corrected chi connectivity index (χ4v) is 2.84. The van der Waals surface area contributed by atoms with E-state index in [9.17, 15) is 9.59 Å². The third-order valence-corrected chi connectivity index (χ3v) is 5.06. The molecule has 0 atom stereocenters. The number of aromatic nitrogens is 3. The predicted octanol–water partition coefficient (Wildman–Crippen LogP) is 4.38. The van der Waals surface area contributed by atoms with Crippen molar-refractivity contribution in [2.24, 2.45) is 11.8 Å². The number of amides is 2. The first-order valence-electron chi connectivity index (χ1n) is 10.5. The molecule has 2 amide bonds. The molecule has 0 saturated carbocycles. The fraction of sp³-hybridized carbons (Fsp3) is 0.458. The number of carbonyl (C=O) groups is 2. The highest BCUT2D eigenvalue weighted by atomic mass is 35.5. The average Bonchev–Trinajstić information content (AvgIpc) is 2.71. The zero-order valence-corrected chi connectivity index (χ0v) is 20.6. The third-order valence-electron chi connectivity index (χ3n) is 4.84. The summed E-state index contributed by atoms with van der Waals surface area (Å²) in [4.78, 5) is 39.6. The average molecular weight is 456 g/mol. The summed E-state index contributed by atoms with van der Waals surface area (Å²) in [7, 11) is 1.62. The van der Waals surface area contributed by atoms with Crippen molar-refractivity contribution in [1.29, 1.82) is 0 Å². The number of aryl methyl sites for hydroxylation is 1. The van der Waals surface area contributed by atoms with Crippen LogP contribution in [0.3, 0.4) is 0 Å². The van der Waals surface area contributed by atoms with E-state index in [1.54, 1.807) is 53.9 Å². The molecule has 0 aliphatic carbocycles. The highest BCUT2D eigenvalue weighted by Gasteiger charge is 2.23. The van der Waals surface area contributed by atoms with Gasteiger partial charge in [-0.05, 0) is 32.9 Å². The Morgan fingerprint density at radius 1 is 1.12 bits per heavy atom. The Hall–Kier alpha value is -2.98. The summed E-state index contributed by atoms with van der Waals surface area (Å²) in [6, 6.07) is 3.60. The molecule has 170 valence electrons. The molecule has 0 bridgehead atoms. The fourth-order valence-electron chi connectivity index (χ4n) is 2.72. The predicted molar refractivity (Wildman–Crippen MR) is 128 cm³/mol. The largest absolute Gasteiger partial charge is 0.309 e. The second-order valence-electron chi connectivity index (χ2n) is 8.77. The number of nitrogens with zero attached hydrogens (tertiary/aromatic N) is 4. The highest BCUT2D eigenvalue weighted by molar-refractivity contribution is 6.30. The van der Waals surface area contributed by atoms with E-state index in [2.05, 4.69) is 32.1 Å². The van der Waals surface area contributed by atoms with Crippen LogP contribution < -0.4 is 10.2 Å². The monoisotopic (exact) mass is 455 g/mol. The van der Waals surface area contributed by atoms with Crippen LogP contribution in [0, 0.1) is 30.6 Å². The van der Waals surface area contributed by atoms with E-state index < -0.39 is 5.41 Å². The van der Waals surface area contributed by atoms with Crippen molar-refractivity contribution in [2.45, 2.75) is 53.9 Å². The van der Waals surface area contributed by atoms with Crippen LogP contribution in [0.1, 0.15) is 58.5 Å². The van der Waals surface area contributed by atoms with Crippen LogP contribution in [-0.2, 0) is 15.0 Å². The van der Waals surface area contributed by atoms with Gasteiger partial charge in [-0.15, -0.1) is 0 Å². The molecule has 0 unspecified atom stereocenters. The molecule has 0 aliphatic rings. The van der Waals surface area contributed by atoms with E-state index in [1.807, 2.05) is 19.9 Å². The minimum atomic E-state index is -0.584. The van der Waals surface area contributed by atoms with Crippen molar-refractivity contribution >= 4 is 35.2 Å². The zero-order chi connectivity index (χ0) is 24.2. The van der Waals surface area contributed by atoms with Crippen LogP contribution in [0.15, 0.2) is 18.3 Å². The highest BCUT2D eigenvalue weighted by Crippen LogP contribution is 2.24. The molecular formula is C24H30ClN5O2. The molecule has 2 heterocycles. The molecule has 1 N–H and O–H groups in total. The maximum Gasteiger partial charge on any atom is 0.234 e. The number of halogens is 1. The van der Waals surface area contributed by atoms with Crippen molar-refractivity contribution in [3.63, 3.8) is 0 Å². The van der Waals surface area contributed by atoms with E-state index in [1.165, 1.54) is 4.90 Å². The number of anilines is 2. The number of hydrogen-bond donors (Lipinski definition) is 1. The van der Waals surface area contributed by atoms with Gasteiger partial charge in [0, 0.05) is 25.1 Å². The van der Waals surface area contributed by atoms with Gasteiger partial charge < -0.3 is 5.32 Å². The molecule has 0 radical (unpaired) electrons. The van der Waals surface area contributed by atoms with Gasteiger partial charge in [0.15, 0.2) is 5.82 Å². The first kappa shape index (κ1) is 25.3. The SMILES string of the molecule is Cc1nc(N(C)C(=O)C(C)C)nc(NC(=O)C(C)C)c1C#CC(C)(C)c1ccc(Cl)cn1. The summed E-state index contributed by atoms with van der Waals surface area (Å²) in [5.41, 5.74) is 1.24. The van der Waals surface area contributed by atoms with E-state index >= 15 is 0 Å². The Bertz CT molecular complexity index is 1070. The molecule has 32 heavy (non-hydrogen) atoms. The molecule has 0 fully saturated rings. The van der Waals surface area contributed by atoms with Gasteiger partial charge in [0.25, 0.3) is 0 Å². The number of hydrogen-bond acceptors (Lipinski definition) is 5. The molecule has 2 aromatic rings. The van der Waals surface area contributed by atoms with Crippen molar-refractivity contribution in [3.8, 4) is 11.8 Å². The summed E-state index contributed by atoms with van der Waals surface area (Å²) < 4.78 is 0. The quantitative estimate of drug-likeness (QED) is 0.676. The summed E-state index contributed by atoms with van der Waals surface area (Å²) >= 11 is 5.95. The first-order chi connectivity index (χ1) is 14.8. The molecule has 0 aromatic carbocycles. The van der Waals surface area contributed by atoms with Gasteiger partial charge in [0.2, 0.25) is 17.8 Å². The van der Waals surface area contributed by atoms with Crippen molar-refractivity contribution < 1.29 is 9.59 Å². The summed E-state index contributed by atoms with van der Waals surface area (Å²) in [5.74, 6) is 6.05. The number of nitrogens with one attached hydrogen (secondary N) is 1. The van der Waals surface area contributed by atoms with Gasteiger partial charge in [-0.2, -0.15) is 4.98 Å². The topological polar surface area (TPSA) is 88.1 Å². The Kier molecular flexibility index (Phi) is 7.97. The molecule has 2 rings (SSSR count). The Balaban J connectivity index is 2.56. The molecule has 0 saturated heterocycles. The maximum absolute atomic E-state index is 12.4. The number of carbonyl (C=O) groups excluding carboxylic acids is 2. The van der Waals surface area contributed by atoms with Crippen LogP contribution in [0.5, 0.6) is 0 Å². The lowest BCUT2D eigenvalue weighted by Gasteiger charge is -2.20. The maximum atomic E-state index is 12.4. The molecule has 0 spiro atoms. The molecular weight excluding hydrogens is 426 g/mol. The number of rotatable bonds is 5. The van der Waals surface area contributed by atoms with Crippen LogP contribution >= 0.6 is 11.6 Å². The lowest BCUT2D eigenvalue weighted by atomic mass is 9.89. The van der Waals surface area contributed by atoms with Gasteiger partial charge in [-0.25, -0.2) is 4.98 Å². The second kappa shape index (κ2) is 10.1. The minimum absolute atomic E-state index is 0.126. The van der Waals surface area contributed by atoms with E-state index in [4.69, 9.17) is 11.6 Å². The summed E-state index contributed by atoms with van der Waals surface area (Å²) in [5, 5.41) is 3.39. The van der Waals surface area contributed by atoms with Gasteiger partial charge in [0.1, 0.15) is 0 Å². The van der Waals surface area contributed by atoms with Crippen LogP contribution in [0.4, 0.5) is 11.8 Å². The lowest BCUT2D eigenvalue weighted by molar-refractivity contribution is -0.121. The van der Waals surface area contributed by atoms with Gasteiger partial charge >= 0.3 is 0 Å². The summed E-state index contributed by atoms with van der Waals surface area (Å²) in [6.07, 6.45) is 1.58. The van der Waals surface area contributed by atoms with Crippen molar-refractivity contribution in [3.05, 3.63) is 40.3 Å². The Labute approximate surface area is 195 Å². The van der Waals surface area contributed by atoms with Gasteiger partial charge in [-0.3, -0.25) is 19.5 Å².